The Hall–Kier alpha value is -1.40. The average molecular weight is 270 g/mol. The Morgan fingerprint density at radius 2 is 2.06 bits per heavy atom. The van der Waals surface area contributed by atoms with Gasteiger partial charge in [-0.1, -0.05) is 6.07 Å². The molecule has 5 nitrogen and oxygen atoms in total. The Balaban J connectivity index is 2.08. The van der Waals surface area contributed by atoms with E-state index in [1.54, 1.807) is 12.1 Å². The fraction of sp³-hybridized carbons (Fsp3) is 0.500. The summed E-state index contributed by atoms with van der Waals surface area (Å²) in [5.74, 6) is -0.413. The summed E-state index contributed by atoms with van der Waals surface area (Å²) in [6, 6.07) is 3.51. The van der Waals surface area contributed by atoms with Crippen LogP contribution in [0.2, 0.25) is 0 Å². The third-order valence-electron chi connectivity index (χ3n) is 2.31. The van der Waals surface area contributed by atoms with Crippen LogP contribution in [0.3, 0.4) is 0 Å². The van der Waals surface area contributed by atoms with E-state index in [0.717, 1.165) is 19.3 Å². The van der Waals surface area contributed by atoms with E-state index in [1.165, 1.54) is 11.3 Å². The highest BCUT2D eigenvalue weighted by molar-refractivity contribution is 7.12. The van der Waals surface area contributed by atoms with E-state index in [9.17, 15) is 9.59 Å². The molecule has 0 aromatic carbocycles. The van der Waals surface area contributed by atoms with Gasteiger partial charge >= 0.3 is 0 Å². The number of aliphatic hydroxyl groups is 1. The molecule has 1 aromatic heterocycles. The number of rotatable bonds is 8. The minimum atomic E-state index is -0.222. The number of carbonyl (C=O) groups is 2. The van der Waals surface area contributed by atoms with Crippen molar-refractivity contribution in [3.63, 3.8) is 0 Å². The van der Waals surface area contributed by atoms with Crippen molar-refractivity contribution in [2.75, 3.05) is 19.7 Å². The molecule has 0 atom stereocenters. The van der Waals surface area contributed by atoms with Gasteiger partial charge in [0.1, 0.15) is 0 Å². The molecular formula is C12H18N2O3S. The Labute approximate surface area is 110 Å². The van der Waals surface area contributed by atoms with Gasteiger partial charge in [-0.15, -0.1) is 11.3 Å². The maximum absolute atomic E-state index is 11.5. The van der Waals surface area contributed by atoms with Crippen molar-refractivity contribution >= 4 is 23.2 Å². The number of amides is 2. The van der Waals surface area contributed by atoms with Crippen LogP contribution in [0.5, 0.6) is 0 Å². The zero-order valence-electron chi connectivity index (χ0n) is 10.1. The largest absolute Gasteiger partial charge is 0.396 e. The number of aliphatic hydroxyl groups excluding tert-OH is 1. The summed E-state index contributed by atoms with van der Waals surface area (Å²) in [4.78, 5) is 23.5. The fourth-order valence-corrected chi connectivity index (χ4v) is 2.00. The van der Waals surface area contributed by atoms with Crippen molar-refractivity contribution in [3.05, 3.63) is 22.4 Å². The second kappa shape index (κ2) is 8.66. The topological polar surface area (TPSA) is 78.4 Å². The molecular weight excluding hydrogens is 252 g/mol. The monoisotopic (exact) mass is 270 g/mol. The van der Waals surface area contributed by atoms with E-state index in [0.29, 0.717) is 11.4 Å². The van der Waals surface area contributed by atoms with Gasteiger partial charge in [0.2, 0.25) is 5.91 Å². The molecule has 0 bridgehead atoms. The zero-order chi connectivity index (χ0) is 13.2. The quantitative estimate of drug-likeness (QED) is 0.610. The van der Waals surface area contributed by atoms with E-state index in [-0.39, 0.29) is 25.0 Å². The smallest absolute Gasteiger partial charge is 0.261 e. The number of thiophene rings is 1. The maximum Gasteiger partial charge on any atom is 0.261 e. The molecule has 1 rings (SSSR count). The molecule has 0 fully saturated rings. The lowest BCUT2D eigenvalue weighted by Crippen LogP contribution is -2.37. The molecule has 6 heteroatoms. The van der Waals surface area contributed by atoms with Gasteiger partial charge in [0, 0.05) is 13.2 Å². The zero-order valence-corrected chi connectivity index (χ0v) is 11.0. The second-order valence-electron chi connectivity index (χ2n) is 3.79. The molecule has 0 aliphatic heterocycles. The molecule has 0 spiro atoms. The first kappa shape index (κ1) is 14.7. The second-order valence-corrected chi connectivity index (χ2v) is 4.74. The van der Waals surface area contributed by atoms with Gasteiger partial charge in [0.15, 0.2) is 0 Å². The number of nitrogens with one attached hydrogen (secondary N) is 2. The third kappa shape index (κ3) is 5.79. The van der Waals surface area contributed by atoms with Gasteiger partial charge < -0.3 is 15.7 Å². The summed E-state index contributed by atoms with van der Waals surface area (Å²) < 4.78 is 0. The van der Waals surface area contributed by atoms with Crippen LogP contribution in [0.4, 0.5) is 0 Å². The van der Waals surface area contributed by atoms with Gasteiger partial charge in [-0.05, 0) is 30.7 Å². The number of hydrogen-bond donors (Lipinski definition) is 3. The first-order valence-corrected chi connectivity index (χ1v) is 6.81. The van der Waals surface area contributed by atoms with E-state index in [1.807, 2.05) is 5.38 Å². The fourth-order valence-electron chi connectivity index (χ4n) is 1.36. The van der Waals surface area contributed by atoms with Crippen LogP contribution in [0.1, 0.15) is 28.9 Å². The first-order chi connectivity index (χ1) is 8.74. The van der Waals surface area contributed by atoms with E-state index in [4.69, 9.17) is 5.11 Å². The Morgan fingerprint density at radius 1 is 1.22 bits per heavy atom. The van der Waals surface area contributed by atoms with Crippen molar-refractivity contribution < 1.29 is 14.7 Å². The van der Waals surface area contributed by atoms with Crippen LogP contribution < -0.4 is 10.6 Å². The predicted octanol–water partition coefficient (Wildman–Crippen LogP) is 0.757. The van der Waals surface area contributed by atoms with Gasteiger partial charge in [0.25, 0.3) is 5.91 Å². The lowest BCUT2D eigenvalue weighted by atomic mass is 10.2. The molecule has 0 saturated carbocycles. The Bertz CT molecular complexity index is 365. The summed E-state index contributed by atoms with van der Waals surface area (Å²) in [5, 5.41) is 15.7. The molecule has 100 valence electrons. The molecule has 0 aliphatic rings. The van der Waals surface area contributed by atoms with Crippen molar-refractivity contribution in [3.8, 4) is 0 Å². The van der Waals surface area contributed by atoms with Crippen LogP contribution in [0.15, 0.2) is 17.5 Å². The van der Waals surface area contributed by atoms with Crippen LogP contribution in [-0.2, 0) is 4.79 Å². The Morgan fingerprint density at radius 3 is 2.72 bits per heavy atom. The molecule has 0 unspecified atom stereocenters. The van der Waals surface area contributed by atoms with E-state index < -0.39 is 0 Å². The van der Waals surface area contributed by atoms with Crippen LogP contribution in [0, 0.1) is 0 Å². The standard InChI is InChI=1S/C12H18N2O3S/c15-7-3-1-2-6-13-11(16)9-14-12(17)10-5-4-8-18-10/h4-5,8,15H,1-3,6-7,9H2,(H,13,16)(H,14,17). The summed E-state index contributed by atoms with van der Waals surface area (Å²) in [5.41, 5.74) is 0. The van der Waals surface area contributed by atoms with Gasteiger partial charge in [-0.25, -0.2) is 0 Å². The van der Waals surface area contributed by atoms with Crippen LogP contribution >= 0.6 is 11.3 Å². The number of hydrogen-bond acceptors (Lipinski definition) is 4. The van der Waals surface area contributed by atoms with E-state index >= 15 is 0 Å². The van der Waals surface area contributed by atoms with Crippen LogP contribution in [-0.4, -0.2) is 36.6 Å². The molecule has 18 heavy (non-hydrogen) atoms. The number of unbranched alkanes of at least 4 members (excludes halogenated alkanes) is 2. The third-order valence-corrected chi connectivity index (χ3v) is 3.18. The average Bonchev–Trinajstić information content (AvgIpc) is 2.89. The van der Waals surface area contributed by atoms with E-state index in [2.05, 4.69) is 10.6 Å². The minimum Gasteiger partial charge on any atom is -0.396 e. The SMILES string of the molecule is O=C(CNC(=O)c1cccs1)NCCCCCO. The molecule has 2 amide bonds. The van der Waals surface area contributed by atoms with Gasteiger partial charge in [0.05, 0.1) is 11.4 Å². The van der Waals surface area contributed by atoms with Crippen molar-refractivity contribution in [1.82, 2.24) is 10.6 Å². The summed E-state index contributed by atoms with van der Waals surface area (Å²) in [6.07, 6.45) is 2.48. The molecule has 0 radical (unpaired) electrons. The van der Waals surface area contributed by atoms with Gasteiger partial charge in [-0.2, -0.15) is 0 Å². The minimum absolute atomic E-state index is 0.00324. The summed E-state index contributed by atoms with van der Waals surface area (Å²) >= 11 is 1.34. The molecule has 3 N–H and O–H groups in total. The normalized spacial score (nSPS) is 10.1. The molecule has 0 aliphatic carbocycles. The summed E-state index contributed by atoms with van der Waals surface area (Å²) in [6.45, 7) is 0.759. The summed E-state index contributed by atoms with van der Waals surface area (Å²) in [7, 11) is 0. The van der Waals surface area contributed by atoms with Crippen LogP contribution in [0.25, 0.3) is 0 Å². The highest BCUT2D eigenvalue weighted by Gasteiger charge is 2.07. The van der Waals surface area contributed by atoms with Crippen molar-refractivity contribution in [1.29, 1.82) is 0 Å². The lowest BCUT2D eigenvalue weighted by Gasteiger charge is -2.05. The highest BCUT2D eigenvalue weighted by atomic mass is 32.1. The molecule has 0 saturated heterocycles. The maximum atomic E-state index is 11.5. The molecule has 1 heterocycles. The lowest BCUT2D eigenvalue weighted by molar-refractivity contribution is -0.120. The number of carbonyl (C=O) groups excluding carboxylic acids is 2. The Kier molecular flexibility index (Phi) is 7.05. The van der Waals surface area contributed by atoms with Gasteiger partial charge in [-0.3, -0.25) is 9.59 Å². The van der Waals surface area contributed by atoms with Crippen molar-refractivity contribution in [2.24, 2.45) is 0 Å². The molecule has 1 aromatic rings. The highest BCUT2D eigenvalue weighted by Crippen LogP contribution is 2.07. The predicted molar refractivity (Wildman–Crippen MR) is 70.6 cm³/mol. The van der Waals surface area contributed by atoms with Crippen molar-refractivity contribution in [2.45, 2.75) is 19.3 Å². The first-order valence-electron chi connectivity index (χ1n) is 5.93.